The van der Waals surface area contributed by atoms with Crippen LogP contribution in [0.15, 0.2) is 0 Å². The molecule has 0 aliphatic rings. The molecular weight excluding hydrogens is 143 g/mol. The summed E-state index contributed by atoms with van der Waals surface area (Å²) < 4.78 is 0. The van der Waals surface area contributed by atoms with Crippen LogP contribution in [0.5, 0.6) is 0 Å². The molecule has 0 saturated heterocycles. The summed E-state index contributed by atoms with van der Waals surface area (Å²) >= 11 is 0. The number of hydrogen-bond acceptors (Lipinski definition) is 3. The van der Waals surface area contributed by atoms with Crippen LogP contribution in [0.3, 0.4) is 0 Å². The third-order valence-electron chi connectivity index (χ3n) is 0.705. The third-order valence-corrected chi connectivity index (χ3v) is 0.705. The number of aromatic amines is 1. The van der Waals surface area contributed by atoms with Crippen LogP contribution in [-0.2, 0) is 25.0 Å². The molecule has 1 aromatic rings. The van der Waals surface area contributed by atoms with E-state index in [4.69, 9.17) is 0 Å². The fourth-order valence-corrected chi connectivity index (χ4v) is 0.332. The van der Waals surface area contributed by atoms with Gasteiger partial charge in [0.15, 0.2) is 5.82 Å². The SMILES string of the molecule is CCc1nn[nH]n1.[HH].[V]. The predicted octanol–water partition coefficient (Wildman–Crippen LogP) is 0.00560. The van der Waals surface area contributed by atoms with Gasteiger partial charge in [0.25, 0.3) is 0 Å². The first kappa shape index (κ1) is 7.65. The van der Waals surface area contributed by atoms with Crippen molar-refractivity contribution in [2.24, 2.45) is 0 Å². The van der Waals surface area contributed by atoms with Gasteiger partial charge in [-0.05, 0) is 0 Å². The van der Waals surface area contributed by atoms with Gasteiger partial charge in [-0.1, -0.05) is 12.1 Å². The van der Waals surface area contributed by atoms with Crippen molar-refractivity contribution >= 4 is 0 Å². The smallest absolute Gasteiger partial charge is 0.174 e. The first-order valence-electron chi connectivity index (χ1n) is 2.16. The molecule has 0 fully saturated rings. The van der Waals surface area contributed by atoms with E-state index in [0.29, 0.717) is 0 Å². The van der Waals surface area contributed by atoms with Crippen molar-refractivity contribution in [2.45, 2.75) is 13.3 Å². The van der Waals surface area contributed by atoms with Gasteiger partial charge in [0.1, 0.15) is 0 Å². The maximum absolute atomic E-state index is 3.69. The summed E-state index contributed by atoms with van der Waals surface area (Å²) in [7, 11) is 0. The zero-order valence-corrected chi connectivity index (χ0v) is 5.89. The number of nitrogens with one attached hydrogen (secondary N) is 1. The van der Waals surface area contributed by atoms with Crippen molar-refractivity contribution in [3.05, 3.63) is 5.82 Å². The zero-order chi connectivity index (χ0) is 5.11. The van der Waals surface area contributed by atoms with E-state index in [0.717, 1.165) is 12.2 Å². The Balaban J connectivity index is 0. The Morgan fingerprint density at radius 1 is 1.75 bits per heavy atom. The van der Waals surface area contributed by atoms with Gasteiger partial charge in [0.05, 0.1) is 0 Å². The van der Waals surface area contributed by atoms with Gasteiger partial charge in [-0.2, -0.15) is 5.21 Å². The van der Waals surface area contributed by atoms with Gasteiger partial charge in [-0.3, -0.25) is 0 Å². The van der Waals surface area contributed by atoms with Crippen LogP contribution in [0, 0.1) is 0 Å². The fraction of sp³-hybridized carbons (Fsp3) is 0.667. The van der Waals surface area contributed by atoms with Crippen molar-refractivity contribution in [1.82, 2.24) is 20.6 Å². The van der Waals surface area contributed by atoms with Crippen LogP contribution in [-0.4, -0.2) is 20.6 Å². The van der Waals surface area contributed by atoms with Crippen LogP contribution in [0.2, 0.25) is 0 Å². The Bertz CT molecular complexity index is 130. The standard InChI is InChI=1S/C3H6N4.V.H2/c1-2-3-4-6-7-5-3;;/h2H2,1H3,(H,4,5,6,7);;1H. The second kappa shape index (κ2) is 3.63. The number of rotatable bonds is 1. The van der Waals surface area contributed by atoms with E-state index in [-0.39, 0.29) is 20.0 Å². The summed E-state index contributed by atoms with van der Waals surface area (Å²) in [6, 6.07) is 0. The Labute approximate surface area is 60.4 Å². The van der Waals surface area contributed by atoms with Crippen LogP contribution >= 0.6 is 0 Å². The van der Waals surface area contributed by atoms with Gasteiger partial charge in [-0.25, -0.2) is 0 Å². The Morgan fingerprint density at radius 2 is 2.50 bits per heavy atom. The maximum atomic E-state index is 3.69. The first-order valence-corrected chi connectivity index (χ1v) is 2.16. The number of hydrogen-bond donors (Lipinski definition) is 1. The average Bonchev–Trinajstić information content (AvgIpc) is 2.14. The Kier molecular flexibility index (Phi) is 3.47. The first-order chi connectivity index (χ1) is 3.43. The van der Waals surface area contributed by atoms with Crippen molar-refractivity contribution in [1.29, 1.82) is 0 Å². The van der Waals surface area contributed by atoms with E-state index >= 15 is 0 Å². The minimum atomic E-state index is 0. The molecule has 0 spiro atoms. The molecule has 1 rings (SSSR count). The number of aromatic nitrogens is 4. The van der Waals surface area contributed by atoms with E-state index in [2.05, 4.69) is 20.6 Å². The molecule has 4 nitrogen and oxygen atoms in total. The number of nitrogens with zero attached hydrogens (tertiary/aromatic N) is 3. The molecule has 0 aromatic carbocycles. The Hall–Kier alpha value is -0.346. The van der Waals surface area contributed by atoms with Crippen LogP contribution in [0.25, 0.3) is 0 Å². The number of tetrazole rings is 1. The van der Waals surface area contributed by atoms with Gasteiger partial charge in [0, 0.05) is 26.4 Å². The maximum Gasteiger partial charge on any atom is 0.174 e. The quantitative estimate of drug-likeness (QED) is 0.614. The minimum Gasteiger partial charge on any atom is -0.177 e. The van der Waals surface area contributed by atoms with Crippen molar-refractivity contribution < 1.29 is 20.0 Å². The second-order valence-electron chi connectivity index (χ2n) is 1.18. The molecule has 0 atom stereocenters. The molecule has 0 saturated carbocycles. The molecule has 1 heterocycles. The molecular formula is C3H8N4V. The van der Waals surface area contributed by atoms with E-state index in [1.165, 1.54) is 0 Å². The predicted molar refractivity (Wildman–Crippen MR) is 25.7 cm³/mol. The molecule has 45 valence electrons. The van der Waals surface area contributed by atoms with E-state index in [9.17, 15) is 0 Å². The molecule has 1 radical (unpaired) electrons. The molecule has 0 amide bonds. The molecule has 1 N–H and O–H groups in total. The molecule has 0 aliphatic heterocycles. The average molecular weight is 151 g/mol. The summed E-state index contributed by atoms with van der Waals surface area (Å²) in [5.41, 5.74) is 0. The van der Waals surface area contributed by atoms with E-state index < -0.39 is 0 Å². The second-order valence-corrected chi connectivity index (χ2v) is 1.18. The van der Waals surface area contributed by atoms with Gasteiger partial charge in [0.2, 0.25) is 0 Å². The summed E-state index contributed by atoms with van der Waals surface area (Å²) in [4.78, 5) is 0. The van der Waals surface area contributed by atoms with Crippen LogP contribution in [0.1, 0.15) is 14.2 Å². The zero-order valence-electron chi connectivity index (χ0n) is 4.50. The molecule has 5 heteroatoms. The number of aryl methyl sites for hydroxylation is 1. The molecule has 0 aliphatic carbocycles. The largest absolute Gasteiger partial charge is 0.177 e. The van der Waals surface area contributed by atoms with E-state index in [1.54, 1.807) is 0 Å². The molecule has 1 aromatic heterocycles. The summed E-state index contributed by atoms with van der Waals surface area (Å²) in [5.74, 6) is 0.764. The van der Waals surface area contributed by atoms with Gasteiger partial charge in [-0.15, -0.1) is 10.2 Å². The molecule has 0 bridgehead atoms. The Morgan fingerprint density at radius 3 is 2.75 bits per heavy atom. The van der Waals surface area contributed by atoms with E-state index in [1.807, 2.05) is 6.92 Å². The normalized spacial score (nSPS) is 8.12. The summed E-state index contributed by atoms with van der Waals surface area (Å²) in [5, 5.41) is 13.1. The van der Waals surface area contributed by atoms with Crippen molar-refractivity contribution in [2.75, 3.05) is 0 Å². The fourth-order valence-electron chi connectivity index (χ4n) is 0.332. The van der Waals surface area contributed by atoms with Gasteiger partial charge < -0.3 is 0 Å². The third kappa shape index (κ3) is 1.64. The van der Waals surface area contributed by atoms with Crippen LogP contribution in [0.4, 0.5) is 0 Å². The monoisotopic (exact) mass is 151 g/mol. The topological polar surface area (TPSA) is 54.5 Å². The minimum absolute atomic E-state index is 0. The summed E-state index contributed by atoms with van der Waals surface area (Å²) in [6.07, 6.45) is 0.844. The van der Waals surface area contributed by atoms with Crippen LogP contribution < -0.4 is 0 Å². The van der Waals surface area contributed by atoms with Crippen molar-refractivity contribution in [3.63, 3.8) is 0 Å². The summed E-state index contributed by atoms with van der Waals surface area (Å²) in [6.45, 7) is 1.98. The number of H-pyrrole nitrogens is 1. The molecule has 0 unspecified atom stereocenters. The molecule has 8 heavy (non-hydrogen) atoms. The van der Waals surface area contributed by atoms with Gasteiger partial charge >= 0.3 is 0 Å². The van der Waals surface area contributed by atoms with Crippen molar-refractivity contribution in [3.8, 4) is 0 Å².